The highest BCUT2D eigenvalue weighted by atomic mass is 79.9. The summed E-state index contributed by atoms with van der Waals surface area (Å²) in [5.41, 5.74) is 6.59. The van der Waals surface area contributed by atoms with E-state index in [1.807, 2.05) is 19.9 Å². The summed E-state index contributed by atoms with van der Waals surface area (Å²) in [6.45, 7) is 3.57. The first-order valence-corrected chi connectivity index (χ1v) is 5.80. The second kappa shape index (κ2) is 3.91. The van der Waals surface area contributed by atoms with Crippen LogP contribution in [0.5, 0.6) is 11.5 Å². The van der Waals surface area contributed by atoms with Gasteiger partial charge in [-0.05, 0) is 17.7 Å². The van der Waals surface area contributed by atoms with E-state index in [9.17, 15) is 0 Å². The summed E-state index contributed by atoms with van der Waals surface area (Å²) in [5.74, 6) is 0.696. The first-order valence-electron chi connectivity index (χ1n) is 5.01. The average Bonchev–Trinajstić information content (AvgIpc) is 2.48. The van der Waals surface area contributed by atoms with Gasteiger partial charge in [-0.25, -0.2) is 0 Å². The largest absolute Gasteiger partial charge is 0.449 e. The van der Waals surface area contributed by atoms with Gasteiger partial charge in [0.2, 0.25) is 5.79 Å². The van der Waals surface area contributed by atoms with Crippen molar-refractivity contribution in [2.75, 3.05) is 6.61 Å². The van der Waals surface area contributed by atoms with E-state index in [0.29, 0.717) is 11.5 Å². The number of aliphatic hydroxyl groups excluding tert-OH is 1. The Bertz CT molecular complexity index is 420. The molecule has 0 bridgehead atoms. The molecule has 0 saturated carbocycles. The van der Waals surface area contributed by atoms with Gasteiger partial charge in [-0.3, -0.25) is 0 Å². The van der Waals surface area contributed by atoms with Crippen molar-refractivity contribution in [3.8, 4) is 11.5 Å². The predicted octanol–water partition coefficient (Wildman–Crippen LogP) is 1.95. The third-order valence-corrected chi connectivity index (χ3v) is 3.06. The van der Waals surface area contributed by atoms with Gasteiger partial charge in [-0.2, -0.15) is 0 Å². The van der Waals surface area contributed by atoms with Gasteiger partial charge in [0, 0.05) is 18.3 Å². The van der Waals surface area contributed by atoms with E-state index in [1.54, 1.807) is 6.07 Å². The highest BCUT2D eigenvalue weighted by Gasteiger charge is 2.32. The first-order chi connectivity index (χ1) is 7.43. The van der Waals surface area contributed by atoms with Crippen LogP contribution >= 0.6 is 15.9 Å². The number of fused-ring (bicyclic) bond motifs is 1. The standard InChI is InChI=1S/C11H14BrNO3/c1-11(2)15-9-3-6(8(13)5-14)7(12)4-10(9)16-11/h3-4,8,14H,5,13H2,1-2H3. The smallest absolute Gasteiger partial charge is 0.246 e. The van der Waals surface area contributed by atoms with Gasteiger partial charge in [0.25, 0.3) is 0 Å². The number of ether oxygens (including phenoxy) is 2. The second-order valence-electron chi connectivity index (χ2n) is 4.21. The molecule has 2 rings (SSSR count). The number of hydrogen-bond acceptors (Lipinski definition) is 4. The Morgan fingerprint density at radius 2 is 1.94 bits per heavy atom. The van der Waals surface area contributed by atoms with E-state index in [-0.39, 0.29) is 6.61 Å². The predicted molar refractivity (Wildman–Crippen MR) is 63.5 cm³/mol. The second-order valence-corrected chi connectivity index (χ2v) is 5.07. The molecule has 0 aliphatic carbocycles. The molecule has 5 heteroatoms. The van der Waals surface area contributed by atoms with Crippen LogP contribution in [0.4, 0.5) is 0 Å². The lowest BCUT2D eigenvalue weighted by Crippen LogP contribution is -2.29. The van der Waals surface area contributed by atoms with E-state index >= 15 is 0 Å². The molecule has 0 radical (unpaired) electrons. The van der Waals surface area contributed by atoms with Crippen LogP contribution in [0, 0.1) is 0 Å². The molecule has 1 aliphatic heterocycles. The van der Waals surface area contributed by atoms with Crippen molar-refractivity contribution in [3.05, 3.63) is 22.2 Å². The molecular weight excluding hydrogens is 274 g/mol. The van der Waals surface area contributed by atoms with E-state index < -0.39 is 11.8 Å². The Balaban J connectivity index is 2.41. The quantitative estimate of drug-likeness (QED) is 0.873. The van der Waals surface area contributed by atoms with Crippen molar-refractivity contribution < 1.29 is 14.6 Å². The highest BCUT2D eigenvalue weighted by molar-refractivity contribution is 9.10. The summed E-state index contributed by atoms with van der Waals surface area (Å²) in [4.78, 5) is 0. The fourth-order valence-corrected chi connectivity index (χ4v) is 2.26. The van der Waals surface area contributed by atoms with Crippen LogP contribution in [0.1, 0.15) is 25.5 Å². The lowest BCUT2D eigenvalue weighted by atomic mass is 10.1. The molecule has 0 aromatic heterocycles. The molecule has 0 spiro atoms. The van der Waals surface area contributed by atoms with Gasteiger partial charge in [-0.15, -0.1) is 0 Å². The molecule has 1 atom stereocenters. The Morgan fingerprint density at radius 3 is 2.50 bits per heavy atom. The van der Waals surface area contributed by atoms with Crippen LogP contribution in [-0.2, 0) is 0 Å². The van der Waals surface area contributed by atoms with Crippen molar-refractivity contribution in [2.24, 2.45) is 5.73 Å². The molecule has 0 amide bonds. The van der Waals surface area contributed by atoms with Crippen LogP contribution in [0.15, 0.2) is 16.6 Å². The molecule has 0 saturated heterocycles. The lowest BCUT2D eigenvalue weighted by Gasteiger charge is -2.16. The number of nitrogens with two attached hydrogens (primary N) is 1. The number of benzene rings is 1. The van der Waals surface area contributed by atoms with Crippen LogP contribution in [-0.4, -0.2) is 17.5 Å². The minimum atomic E-state index is -0.649. The summed E-state index contributed by atoms with van der Waals surface area (Å²) in [5, 5.41) is 9.05. The Hall–Kier alpha value is -0.780. The summed E-state index contributed by atoms with van der Waals surface area (Å²) < 4.78 is 12.0. The summed E-state index contributed by atoms with van der Waals surface area (Å²) in [6, 6.07) is 3.19. The Kier molecular flexibility index (Phi) is 2.86. The number of rotatable bonds is 2. The van der Waals surface area contributed by atoms with Crippen molar-refractivity contribution in [2.45, 2.75) is 25.7 Å². The molecule has 1 aromatic rings. The third-order valence-electron chi connectivity index (χ3n) is 2.37. The van der Waals surface area contributed by atoms with Crippen LogP contribution < -0.4 is 15.2 Å². The molecule has 1 aromatic carbocycles. The van der Waals surface area contributed by atoms with Crippen molar-refractivity contribution >= 4 is 15.9 Å². The third kappa shape index (κ3) is 2.03. The van der Waals surface area contributed by atoms with E-state index in [4.69, 9.17) is 20.3 Å². The number of aliphatic hydroxyl groups is 1. The van der Waals surface area contributed by atoms with Crippen LogP contribution in [0.2, 0.25) is 0 Å². The lowest BCUT2D eigenvalue weighted by molar-refractivity contribution is -0.0431. The van der Waals surface area contributed by atoms with E-state index in [1.165, 1.54) is 0 Å². The average molecular weight is 288 g/mol. The maximum Gasteiger partial charge on any atom is 0.246 e. The SMILES string of the molecule is CC1(C)Oc2cc(Br)c(C(N)CO)cc2O1. The number of hydrogen-bond donors (Lipinski definition) is 2. The molecule has 16 heavy (non-hydrogen) atoms. The molecule has 1 heterocycles. The topological polar surface area (TPSA) is 64.7 Å². The zero-order valence-corrected chi connectivity index (χ0v) is 10.7. The van der Waals surface area contributed by atoms with Gasteiger partial charge in [-0.1, -0.05) is 15.9 Å². The van der Waals surface area contributed by atoms with Gasteiger partial charge in [0.15, 0.2) is 11.5 Å². The first kappa shape index (κ1) is 11.7. The maximum atomic E-state index is 9.05. The van der Waals surface area contributed by atoms with Crippen LogP contribution in [0.25, 0.3) is 0 Å². The summed E-state index contributed by atoms with van der Waals surface area (Å²) >= 11 is 3.40. The van der Waals surface area contributed by atoms with Gasteiger partial charge in [0.1, 0.15) is 0 Å². The Labute approximate surface area is 102 Å². The van der Waals surface area contributed by atoms with Gasteiger partial charge in [0.05, 0.1) is 12.6 Å². The van der Waals surface area contributed by atoms with E-state index in [2.05, 4.69) is 15.9 Å². The highest BCUT2D eigenvalue weighted by Crippen LogP contribution is 2.43. The maximum absolute atomic E-state index is 9.05. The minimum absolute atomic E-state index is 0.109. The zero-order valence-electron chi connectivity index (χ0n) is 9.16. The Morgan fingerprint density at radius 1 is 1.38 bits per heavy atom. The minimum Gasteiger partial charge on any atom is -0.449 e. The van der Waals surface area contributed by atoms with E-state index in [0.717, 1.165) is 10.0 Å². The fraction of sp³-hybridized carbons (Fsp3) is 0.455. The fourth-order valence-electron chi connectivity index (χ4n) is 1.64. The molecular formula is C11H14BrNO3. The van der Waals surface area contributed by atoms with Crippen molar-refractivity contribution in [1.29, 1.82) is 0 Å². The molecule has 4 nitrogen and oxygen atoms in total. The van der Waals surface area contributed by atoms with Crippen LogP contribution in [0.3, 0.4) is 0 Å². The van der Waals surface area contributed by atoms with Crippen molar-refractivity contribution in [3.63, 3.8) is 0 Å². The van der Waals surface area contributed by atoms with Crippen molar-refractivity contribution in [1.82, 2.24) is 0 Å². The molecule has 0 fully saturated rings. The normalized spacial score (nSPS) is 18.6. The van der Waals surface area contributed by atoms with Gasteiger partial charge >= 0.3 is 0 Å². The summed E-state index contributed by atoms with van der Waals surface area (Å²) in [6.07, 6.45) is 0. The number of halogens is 1. The summed E-state index contributed by atoms with van der Waals surface area (Å²) in [7, 11) is 0. The molecule has 1 unspecified atom stereocenters. The zero-order chi connectivity index (χ0) is 11.9. The molecule has 88 valence electrons. The molecule has 1 aliphatic rings. The monoisotopic (exact) mass is 287 g/mol. The molecule has 3 N–H and O–H groups in total. The van der Waals surface area contributed by atoms with Gasteiger partial charge < -0.3 is 20.3 Å².